The van der Waals surface area contributed by atoms with Crippen LogP contribution in [0.15, 0.2) is 15.7 Å². The highest BCUT2D eigenvalue weighted by Gasteiger charge is 2.23. The van der Waals surface area contributed by atoms with Crippen LogP contribution in [0.4, 0.5) is 0 Å². The molecule has 0 atom stereocenters. The molecular formula is C17H24N6O2. The van der Waals surface area contributed by atoms with Gasteiger partial charge in [-0.25, -0.2) is 9.48 Å². The number of hydrogen-bond donors (Lipinski definition) is 0. The van der Waals surface area contributed by atoms with Gasteiger partial charge in [0.1, 0.15) is 0 Å². The molecule has 0 saturated carbocycles. The van der Waals surface area contributed by atoms with Crippen molar-refractivity contribution >= 4 is 11.2 Å². The first-order valence-corrected chi connectivity index (χ1v) is 8.57. The number of rotatable bonds is 4. The second-order valence-corrected chi connectivity index (χ2v) is 6.50. The lowest BCUT2D eigenvalue weighted by molar-refractivity contribution is 0.576. The van der Waals surface area contributed by atoms with Crippen LogP contribution in [0, 0.1) is 0 Å². The summed E-state index contributed by atoms with van der Waals surface area (Å²) in [7, 11) is 3.12. The lowest BCUT2D eigenvalue weighted by Crippen LogP contribution is -2.37. The van der Waals surface area contributed by atoms with Gasteiger partial charge >= 0.3 is 5.69 Å². The minimum Gasteiger partial charge on any atom is -0.300 e. The third-order valence-electron chi connectivity index (χ3n) is 4.54. The molecule has 0 aliphatic heterocycles. The van der Waals surface area contributed by atoms with E-state index in [4.69, 9.17) is 0 Å². The minimum atomic E-state index is -0.386. The molecule has 3 aromatic heterocycles. The highest BCUT2D eigenvalue weighted by molar-refractivity contribution is 5.73. The fourth-order valence-electron chi connectivity index (χ4n) is 3.11. The van der Waals surface area contributed by atoms with E-state index in [1.54, 1.807) is 11.7 Å². The topological polar surface area (TPSA) is 79.6 Å². The number of fused-ring (bicyclic) bond motifs is 1. The van der Waals surface area contributed by atoms with Crippen LogP contribution < -0.4 is 11.2 Å². The molecule has 25 heavy (non-hydrogen) atoms. The fraction of sp³-hybridized carbons (Fsp3) is 0.529. The molecule has 8 heteroatoms. The molecule has 0 N–H and O–H groups in total. The van der Waals surface area contributed by atoms with Gasteiger partial charge in [-0.2, -0.15) is 10.1 Å². The van der Waals surface area contributed by atoms with Crippen molar-refractivity contribution in [2.75, 3.05) is 0 Å². The first-order chi connectivity index (χ1) is 11.8. The van der Waals surface area contributed by atoms with E-state index in [2.05, 4.69) is 30.0 Å². The summed E-state index contributed by atoms with van der Waals surface area (Å²) in [6.07, 6.45) is 1.62. The smallest absolute Gasteiger partial charge is 0.300 e. The Hall–Kier alpha value is -2.64. The maximum atomic E-state index is 12.7. The summed E-state index contributed by atoms with van der Waals surface area (Å²) in [6, 6.07) is 2.05. The molecule has 8 nitrogen and oxygen atoms in total. The Labute approximate surface area is 145 Å². The average Bonchev–Trinajstić information content (AvgIpc) is 3.18. The van der Waals surface area contributed by atoms with Crippen LogP contribution in [0.3, 0.4) is 0 Å². The minimum absolute atomic E-state index is 0.0100. The molecule has 0 saturated heterocycles. The van der Waals surface area contributed by atoms with E-state index in [0.29, 0.717) is 17.1 Å². The average molecular weight is 344 g/mol. The molecule has 3 heterocycles. The van der Waals surface area contributed by atoms with Crippen LogP contribution in [0.1, 0.15) is 45.1 Å². The molecule has 0 unspecified atom stereocenters. The molecule has 0 aromatic carbocycles. The van der Waals surface area contributed by atoms with Crippen molar-refractivity contribution in [2.24, 2.45) is 14.1 Å². The van der Waals surface area contributed by atoms with Gasteiger partial charge in [0, 0.05) is 25.8 Å². The van der Waals surface area contributed by atoms with Gasteiger partial charge in [-0.1, -0.05) is 13.8 Å². The zero-order valence-electron chi connectivity index (χ0n) is 15.6. The maximum absolute atomic E-state index is 12.7. The normalized spacial score (nSPS) is 11.8. The van der Waals surface area contributed by atoms with Crippen LogP contribution in [0.2, 0.25) is 0 Å². The quantitative estimate of drug-likeness (QED) is 0.715. The summed E-state index contributed by atoms with van der Waals surface area (Å²) in [5.41, 5.74) is 2.07. The predicted molar refractivity (Wildman–Crippen MR) is 96.5 cm³/mol. The Morgan fingerprint density at radius 1 is 1.08 bits per heavy atom. The largest absolute Gasteiger partial charge is 0.332 e. The van der Waals surface area contributed by atoms with Gasteiger partial charge in [-0.15, -0.1) is 0 Å². The van der Waals surface area contributed by atoms with Gasteiger partial charge in [-0.3, -0.25) is 18.5 Å². The first-order valence-electron chi connectivity index (χ1n) is 8.57. The van der Waals surface area contributed by atoms with E-state index in [-0.39, 0.29) is 17.3 Å². The zero-order chi connectivity index (χ0) is 18.5. The molecule has 3 aromatic rings. The Morgan fingerprint density at radius 2 is 1.76 bits per heavy atom. The van der Waals surface area contributed by atoms with E-state index >= 15 is 0 Å². The Kier molecular flexibility index (Phi) is 4.14. The Balaban J connectivity index is 2.49. The summed E-state index contributed by atoms with van der Waals surface area (Å²) in [5, 5.41) is 4.65. The van der Waals surface area contributed by atoms with E-state index < -0.39 is 0 Å². The number of imidazole rings is 1. The first kappa shape index (κ1) is 17.2. The molecule has 0 aliphatic rings. The summed E-state index contributed by atoms with van der Waals surface area (Å²) < 4.78 is 6.19. The van der Waals surface area contributed by atoms with Crippen molar-refractivity contribution in [3.8, 4) is 5.95 Å². The predicted octanol–water partition coefficient (Wildman–Crippen LogP) is 1.33. The van der Waals surface area contributed by atoms with E-state index in [0.717, 1.165) is 28.8 Å². The highest BCUT2D eigenvalue weighted by Crippen LogP contribution is 2.22. The third kappa shape index (κ3) is 2.43. The summed E-state index contributed by atoms with van der Waals surface area (Å²) in [6.45, 7) is 8.09. The number of aromatic nitrogens is 6. The van der Waals surface area contributed by atoms with Crippen LogP contribution in [0.5, 0.6) is 0 Å². The van der Waals surface area contributed by atoms with Gasteiger partial charge in [0.2, 0.25) is 5.95 Å². The van der Waals surface area contributed by atoms with Crippen LogP contribution in [-0.2, 0) is 26.9 Å². The Morgan fingerprint density at radius 3 is 2.32 bits per heavy atom. The molecule has 0 amide bonds. The van der Waals surface area contributed by atoms with Gasteiger partial charge in [-0.05, 0) is 32.8 Å². The number of aryl methyl sites for hydroxylation is 3. The number of nitrogens with zero attached hydrogens (tertiary/aromatic N) is 6. The van der Waals surface area contributed by atoms with Crippen LogP contribution in [0.25, 0.3) is 17.1 Å². The van der Waals surface area contributed by atoms with E-state index in [1.165, 1.54) is 11.6 Å². The molecule has 3 rings (SSSR count). The number of hydrogen-bond acceptors (Lipinski definition) is 4. The van der Waals surface area contributed by atoms with E-state index in [1.807, 2.05) is 18.4 Å². The SMILES string of the molecule is CCc1cc(CC)n(-c2nc3c(c(=O)n(C)c(=O)n3C)n2C(C)C)n1. The molecule has 0 spiro atoms. The van der Waals surface area contributed by atoms with Crippen molar-refractivity contribution in [3.05, 3.63) is 38.3 Å². The summed E-state index contributed by atoms with van der Waals surface area (Å²) >= 11 is 0. The van der Waals surface area contributed by atoms with Gasteiger partial charge < -0.3 is 0 Å². The zero-order valence-corrected chi connectivity index (χ0v) is 15.6. The van der Waals surface area contributed by atoms with Gasteiger partial charge in [0.15, 0.2) is 11.2 Å². The van der Waals surface area contributed by atoms with Crippen molar-refractivity contribution in [3.63, 3.8) is 0 Å². The van der Waals surface area contributed by atoms with Crippen molar-refractivity contribution in [2.45, 2.75) is 46.6 Å². The summed E-state index contributed by atoms with van der Waals surface area (Å²) in [5.74, 6) is 0.569. The van der Waals surface area contributed by atoms with Crippen LogP contribution in [-0.4, -0.2) is 28.5 Å². The molecule has 134 valence electrons. The molecular weight excluding hydrogens is 320 g/mol. The maximum Gasteiger partial charge on any atom is 0.332 e. The van der Waals surface area contributed by atoms with Crippen molar-refractivity contribution < 1.29 is 0 Å². The highest BCUT2D eigenvalue weighted by atomic mass is 16.2. The molecule has 0 fully saturated rings. The van der Waals surface area contributed by atoms with Gasteiger partial charge in [0.25, 0.3) is 5.56 Å². The van der Waals surface area contributed by atoms with Crippen molar-refractivity contribution in [1.29, 1.82) is 0 Å². The Bertz CT molecular complexity index is 1060. The van der Waals surface area contributed by atoms with E-state index in [9.17, 15) is 9.59 Å². The molecule has 0 radical (unpaired) electrons. The van der Waals surface area contributed by atoms with Crippen molar-refractivity contribution in [1.82, 2.24) is 28.5 Å². The fourth-order valence-corrected chi connectivity index (χ4v) is 3.11. The lowest BCUT2D eigenvalue weighted by Gasteiger charge is -2.14. The third-order valence-corrected chi connectivity index (χ3v) is 4.54. The second-order valence-electron chi connectivity index (χ2n) is 6.50. The standard InChI is InChI=1S/C17H24N6O2/c1-7-11-9-12(8-2)23(19-11)16-18-14-13(22(16)10(3)4)15(24)21(6)17(25)20(14)5/h9-10H,7-8H2,1-6H3. The van der Waals surface area contributed by atoms with Gasteiger partial charge in [0.05, 0.1) is 5.69 Å². The molecule has 0 aliphatic carbocycles. The summed E-state index contributed by atoms with van der Waals surface area (Å²) in [4.78, 5) is 29.6. The van der Waals surface area contributed by atoms with Crippen LogP contribution >= 0.6 is 0 Å². The lowest BCUT2D eigenvalue weighted by atomic mass is 10.3. The molecule has 0 bridgehead atoms. The second kappa shape index (κ2) is 6.02. The monoisotopic (exact) mass is 344 g/mol.